The number of nitrogens with two attached hydrogens (primary N) is 1. The molecule has 11 heteroatoms. The van der Waals surface area contributed by atoms with E-state index in [2.05, 4.69) is 36.5 Å². The van der Waals surface area contributed by atoms with Crippen molar-refractivity contribution in [3.05, 3.63) is 24.3 Å². The third kappa shape index (κ3) is 11.8. The number of hydrogen-bond acceptors (Lipinski definition) is 10. The van der Waals surface area contributed by atoms with Gasteiger partial charge in [-0.3, -0.25) is 4.79 Å². The van der Waals surface area contributed by atoms with Gasteiger partial charge in [-0.25, -0.2) is 0 Å². The topological polar surface area (TPSA) is 195 Å². The van der Waals surface area contributed by atoms with E-state index in [1.165, 1.54) is 38.5 Å². The zero-order chi connectivity index (χ0) is 31.7. The first-order chi connectivity index (χ1) is 20.7. The van der Waals surface area contributed by atoms with Crippen LogP contribution < -0.4 is 11.1 Å². The lowest BCUT2D eigenvalue weighted by Crippen LogP contribution is -2.64. The molecule has 11 nitrogen and oxygen atoms in total. The summed E-state index contributed by atoms with van der Waals surface area (Å²) in [6.45, 7) is 1.12. The summed E-state index contributed by atoms with van der Waals surface area (Å²) >= 11 is 0. The smallest absolute Gasteiger partial charge is 0.220 e. The van der Waals surface area contributed by atoms with Crippen molar-refractivity contribution in [1.29, 1.82) is 0 Å². The number of fused-ring (bicyclic) bond motifs is 1. The average molecular weight is 615 g/mol. The Labute approximate surface area is 257 Å². The molecule has 1 heterocycles. The molecule has 9 atom stereocenters. The van der Waals surface area contributed by atoms with Crippen molar-refractivity contribution in [3.8, 4) is 0 Å². The van der Waals surface area contributed by atoms with Gasteiger partial charge in [0.2, 0.25) is 5.91 Å². The molecule has 2 rings (SSSR count). The Balaban J connectivity index is 1.61. The molecule has 0 bridgehead atoms. The average Bonchev–Trinajstić information content (AvgIpc) is 3.13. The fourth-order valence-electron chi connectivity index (χ4n) is 5.83. The van der Waals surface area contributed by atoms with Crippen molar-refractivity contribution < 1.29 is 44.9 Å². The quantitative estimate of drug-likeness (QED) is 0.0586. The van der Waals surface area contributed by atoms with Crippen LogP contribution in [0.15, 0.2) is 24.3 Å². The van der Waals surface area contributed by atoms with Crippen molar-refractivity contribution in [2.45, 2.75) is 139 Å². The lowest BCUT2D eigenvalue weighted by molar-refractivity contribution is -0.439. The number of amides is 1. The molecule has 2 aliphatic rings. The van der Waals surface area contributed by atoms with Gasteiger partial charge in [0.15, 0.2) is 12.1 Å². The van der Waals surface area contributed by atoms with E-state index in [9.17, 15) is 35.4 Å². The molecular weight excluding hydrogens is 556 g/mol. The monoisotopic (exact) mass is 614 g/mol. The first-order valence-corrected chi connectivity index (χ1v) is 16.4. The van der Waals surface area contributed by atoms with Crippen LogP contribution in [0.3, 0.4) is 0 Å². The van der Waals surface area contributed by atoms with E-state index >= 15 is 0 Å². The highest BCUT2D eigenvalue weighted by Gasteiger charge is 2.71. The number of hydrogen-bond donors (Lipinski definition) is 8. The van der Waals surface area contributed by atoms with Gasteiger partial charge >= 0.3 is 0 Å². The molecule has 9 N–H and O–H groups in total. The Morgan fingerprint density at radius 1 is 0.953 bits per heavy atom. The number of aliphatic hydroxyl groups is 6. The van der Waals surface area contributed by atoms with Crippen molar-refractivity contribution in [3.63, 3.8) is 0 Å². The summed E-state index contributed by atoms with van der Waals surface area (Å²) in [6, 6.07) is -1.02. The van der Waals surface area contributed by atoms with E-state index in [-0.39, 0.29) is 25.5 Å². The highest BCUT2D eigenvalue weighted by molar-refractivity contribution is 5.76. The molecule has 0 aromatic rings. The van der Waals surface area contributed by atoms with E-state index in [4.69, 9.17) is 15.2 Å². The lowest BCUT2D eigenvalue weighted by atomic mass is 9.89. The predicted molar refractivity (Wildman–Crippen MR) is 163 cm³/mol. The maximum atomic E-state index is 12.6. The number of aliphatic hydroxyl groups excluding tert-OH is 5. The molecule has 1 aliphatic heterocycles. The molecule has 1 amide bonds. The van der Waals surface area contributed by atoms with Gasteiger partial charge in [-0.2, -0.15) is 0 Å². The Morgan fingerprint density at radius 3 is 2.16 bits per heavy atom. The molecule has 0 aromatic carbocycles. The van der Waals surface area contributed by atoms with E-state index in [0.29, 0.717) is 6.42 Å². The van der Waals surface area contributed by atoms with Gasteiger partial charge in [-0.15, -0.1) is 0 Å². The van der Waals surface area contributed by atoms with Gasteiger partial charge in [0.25, 0.3) is 0 Å². The zero-order valence-corrected chi connectivity index (χ0v) is 25.9. The predicted octanol–water partition coefficient (Wildman–Crippen LogP) is 1.77. The Bertz CT molecular complexity index is 829. The van der Waals surface area contributed by atoms with Gasteiger partial charge in [0, 0.05) is 13.0 Å². The summed E-state index contributed by atoms with van der Waals surface area (Å²) in [7, 11) is 0. The van der Waals surface area contributed by atoms with E-state index < -0.39 is 61.0 Å². The molecule has 0 radical (unpaired) electrons. The third-order valence-electron chi connectivity index (χ3n) is 8.62. The van der Waals surface area contributed by atoms with Gasteiger partial charge in [0.05, 0.1) is 49.4 Å². The minimum atomic E-state index is -1.94. The number of nitrogens with one attached hydrogen (secondary N) is 1. The van der Waals surface area contributed by atoms with E-state index in [0.717, 1.165) is 38.5 Å². The first kappa shape index (κ1) is 37.8. The standard InChI is InChI=1S/C32H58N2O9/c1-2-3-4-5-6-7-8-9-10-11-12-13-14-15-16-17-18-19-26(37)34-24(29(39)25(36)20-33)22-42-31-27-30(40)28(38)23(21-35)32(27,41)43-31/h8-9,11-12,23-25,27-31,35-36,38-41H,2-7,10,13-22,33H2,1H3,(H,34,37)/b9-8-,12-11-/t23?,24?,25-,27?,28?,29+,30?,31?,32?/m1/s1. The molecule has 0 aromatic heterocycles. The summed E-state index contributed by atoms with van der Waals surface area (Å²) in [4.78, 5) is 12.6. The maximum absolute atomic E-state index is 12.6. The Kier molecular flexibility index (Phi) is 18.1. The van der Waals surface area contributed by atoms with Gasteiger partial charge in [-0.05, 0) is 38.5 Å². The second kappa shape index (κ2) is 20.6. The van der Waals surface area contributed by atoms with E-state index in [1.54, 1.807) is 0 Å². The molecule has 1 aliphatic carbocycles. The molecule has 43 heavy (non-hydrogen) atoms. The molecule has 1 saturated heterocycles. The highest BCUT2D eigenvalue weighted by atomic mass is 16.8. The normalized spacial score (nSPS) is 29.1. The van der Waals surface area contributed by atoms with Crippen LogP contribution in [0.5, 0.6) is 0 Å². The molecule has 250 valence electrons. The number of carbonyl (C=O) groups is 1. The minimum Gasteiger partial charge on any atom is -0.396 e. The van der Waals surface area contributed by atoms with Crippen molar-refractivity contribution in [2.24, 2.45) is 17.6 Å². The summed E-state index contributed by atoms with van der Waals surface area (Å²) in [6.07, 6.45) is 17.2. The molecule has 2 fully saturated rings. The summed E-state index contributed by atoms with van der Waals surface area (Å²) in [5.41, 5.74) is 5.48. The lowest BCUT2D eigenvalue weighted by Gasteiger charge is -2.49. The van der Waals surface area contributed by atoms with Crippen LogP contribution in [0.25, 0.3) is 0 Å². The second-order valence-electron chi connectivity index (χ2n) is 12.0. The zero-order valence-electron chi connectivity index (χ0n) is 25.9. The summed E-state index contributed by atoms with van der Waals surface area (Å²) in [5.74, 6) is -4.36. The van der Waals surface area contributed by atoms with Crippen molar-refractivity contribution in [2.75, 3.05) is 19.8 Å². The van der Waals surface area contributed by atoms with Crippen molar-refractivity contribution in [1.82, 2.24) is 5.32 Å². The molecule has 1 saturated carbocycles. The van der Waals surface area contributed by atoms with Crippen LogP contribution in [0.1, 0.15) is 96.8 Å². The SMILES string of the molecule is CCCCCCC/C=C\C/C=C\CCCCCCCC(=O)NC(COC1OC2(O)C(CO)C(O)C(O)C12)[C@H](O)[C@H](O)CN. The Hall–Kier alpha value is -1.41. The second-order valence-corrected chi connectivity index (χ2v) is 12.0. The molecule has 0 spiro atoms. The fourth-order valence-corrected chi connectivity index (χ4v) is 5.83. The molecule has 7 unspecified atom stereocenters. The van der Waals surface area contributed by atoms with Gasteiger partial charge in [0.1, 0.15) is 6.10 Å². The number of ether oxygens (including phenoxy) is 2. The Morgan fingerprint density at radius 2 is 1.56 bits per heavy atom. The van der Waals surface area contributed by atoms with Crippen LogP contribution in [0.2, 0.25) is 0 Å². The highest BCUT2D eigenvalue weighted by Crippen LogP contribution is 2.52. The van der Waals surface area contributed by atoms with Crippen LogP contribution in [0, 0.1) is 11.8 Å². The number of carbonyl (C=O) groups excluding carboxylic acids is 1. The fraction of sp³-hybridized carbons (Fsp3) is 0.844. The van der Waals surface area contributed by atoms with Crippen molar-refractivity contribution >= 4 is 5.91 Å². The third-order valence-corrected chi connectivity index (χ3v) is 8.62. The number of rotatable bonds is 24. The number of unbranched alkanes of at least 4 members (excludes halogenated alkanes) is 10. The summed E-state index contributed by atoms with van der Waals surface area (Å²) < 4.78 is 11.0. The van der Waals surface area contributed by atoms with Gasteiger partial charge in [-0.1, -0.05) is 76.2 Å². The minimum absolute atomic E-state index is 0.232. The van der Waals surface area contributed by atoms with Gasteiger partial charge < -0.3 is 51.2 Å². The van der Waals surface area contributed by atoms with Crippen LogP contribution in [-0.2, 0) is 14.3 Å². The maximum Gasteiger partial charge on any atom is 0.220 e. The van der Waals surface area contributed by atoms with Crippen LogP contribution in [0.4, 0.5) is 0 Å². The summed E-state index contributed by atoms with van der Waals surface area (Å²) in [5, 5.41) is 63.7. The number of allylic oxidation sites excluding steroid dienone is 4. The van der Waals surface area contributed by atoms with Crippen LogP contribution in [-0.4, -0.2) is 98.8 Å². The van der Waals surface area contributed by atoms with E-state index in [1.807, 2.05) is 0 Å². The van der Waals surface area contributed by atoms with Crippen LogP contribution >= 0.6 is 0 Å². The first-order valence-electron chi connectivity index (χ1n) is 16.4. The largest absolute Gasteiger partial charge is 0.396 e. The molecular formula is C32H58N2O9.